The average Bonchev–Trinajstić information content (AvgIpc) is 2.35. The number of hydrogen-bond acceptors (Lipinski definition) is 2. The van der Waals surface area contributed by atoms with Crippen molar-refractivity contribution in [3.05, 3.63) is 12.7 Å². The summed E-state index contributed by atoms with van der Waals surface area (Å²) >= 11 is 0. The first-order chi connectivity index (χ1) is 5.22. The van der Waals surface area contributed by atoms with Crippen molar-refractivity contribution >= 4 is 5.91 Å². The molecule has 1 aliphatic heterocycles. The van der Waals surface area contributed by atoms with Crippen LogP contribution >= 0.6 is 0 Å². The summed E-state index contributed by atoms with van der Waals surface area (Å²) in [4.78, 5) is 12.9. The first-order valence-electron chi connectivity index (χ1n) is 3.76. The first kappa shape index (κ1) is 8.27. The molecule has 1 saturated heterocycles. The molecule has 3 nitrogen and oxygen atoms in total. The van der Waals surface area contributed by atoms with Crippen LogP contribution in [-0.4, -0.2) is 37.0 Å². The summed E-state index contributed by atoms with van der Waals surface area (Å²) in [6.07, 6.45) is 2.09. The lowest BCUT2D eigenvalue weighted by atomic mass is 10.2. The topological polar surface area (TPSA) is 32.3 Å². The molecule has 0 aromatic heterocycles. The quantitative estimate of drug-likeness (QED) is 0.557. The van der Waals surface area contributed by atoms with E-state index in [1.165, 1.54) is 0 Å². The minimum atomic E-state index is -0.176. The van der Waals surface area contributed by atoms with Crippen LogP contribution < -0.4 is 5.32 Å². The van der Waals surface area contributed by atoms with Crippen molar-refractivity contribution in [2.75, 3.05) is 20.1 Å². The molecule has 1 aliphatic rings. The summed E-state index contributed by atoms with van der Waals surface area (Å²) in [5.74, 6) is -0.176. The van der Waals surface area contributed by atoms with Crippen LogP contribution in [0.2, 0.25) is 0 Å². The number of carbonyl (C=O) groups is 1. The van der Waals surface area contributed by atoms with E-state index in [1.54, 1.807) is 0 Å². The molecule has 1 atom stereocenters. The highest BCUT2D eigenvalue weighted by Gasteiger charge is 2.19. The summed E-state index contributed by atoms with van der Waals surface area (Å²) in [6, 6.07) is 0.285. The van der Waals surface area contributed by atoms with Crippen LogP contribution in [0.15, 0.2) is 6.08 Å². The van der Waals surface area contributed by atoms with E-state index in [1.807, 2.05) is 7.05 Å². The maximum absolute atomic E-state index is 10.8. The van der Waals surface area contributed by atoms with Gasteiger partial charge in [0.05, 0.1) is 0 Å². The highest BCUT2D eigenvalue weighted by Crippen LogP contribution is 2.05. The number of likely N-dealkylation sites (tertiary alicyclic amines) is 1. The van der Waals surface area contributed by atoms with E-state index >= 15 is 0 Å². The van der Waals surface area contributed by atoms with Gasteiger partial charge in [-0.3, -0.25) is 4.79 Å². The molecule has 1 rings (SSSR count). The summed E-state index contributed by atoms with van der Waals surface area (Å²) in [5, 5.41) is 2.80. The maximum atomic E-state index is 10.8. The number of carbonyl (C=O) groups excluding carboxylic acids is 1. The van der Waals surface area contributed by atoms with Gasteiger partial charge >= 0.3 is 0 Å². The van der Waals surface area contributed by atoms with Crippen LogP contribution in [0, 0.1) is 6.58 Å². The Morgan fingerprint density at radius 3 is 3.00 bits per heavy atom. The lowest BCUT2D eigenvalue weighted by Crippen LogP contribution is -2.35. The predicted molar refractivity (Wildman–Crippen MR) is 42.9 cm³/mol. The van der Waals surface area contributed by atoms with Gasteiger partial charge in [-0.25, -0.2) is 0 Å². The fraction of sp³-hybridized carbons (Fsp3) is 0.625. The highest BCUT2D eigenvalue weighted by molar-refractivity contribution is 5.86. The summed E-state index contributed by atoms with van der Waals surface area (Å²) in [7, 11) is 2.04. The molecule has 0 aliphatic carbocycles. The van der Waals surface area contributed by atoms with Crippen molar-refractivity contribution in [3.8, 4) is 0 Å². The van der Waals surface area contributed by atoms with E-state index in [0.29, 0.717) is 0 Å². The van der Waals surface area contributed by atoms with Gasteiger partial charge in [0.15, 0.2) is 0 Å². The Morgan fingerprint density at radius 1 is 1.82 bits per heavy atom. The van der Waals surface area contributed by atoms with Crippen molar-refractivity contribution in [3.63, 3.8) is 0 Å². The van der Waals surface area contributed by atoms with Crippen LogP contribution in [0.5, 0.6) is 0 Å². The summed E-state index contributed by atoms with van der Waals surface area (Å²) in [5.41, 5.74) is 0. The van der Waals surface area contributed by atoms with E-state index in [9.17, 15) is 4.79 Å². The Hall–Kier alpha value is -0.830. The van der Waals surface area contributed by atoms with Crippen molar-refractivity contribution in [2.45, 2.75) is 12.5 Å². The molecular weight excluding hydrogens is 140 g/mol. The average molecular weight is 153 g/mol. The molecular formula is C8H13N2O. The number of amides is 1. The molecule has 1 heterocycles. The van der Waals surface area contributed by atoms with Crippen molar-refractivity contribution < 1.29 is 4.79 Å². The van der Waals surface area contributed by atoms with Crippen LogP contribution in [0.4, 0.5) is 0 Å². The van der Waals surface area contributed by atoms with Crippen molar-refractivity contribution in [1.82, 2.24) is 10.2 Å². The number of hydrogen-bond donors (Lipinski definition) is 1. The molecule has 0 spiro atoms. The maximum Gasteiger partial charge on any atom is 0.244 e. The molecule has 0 saturated carbocycles. The lowest BCUT2D eigenvalue weighted by molar-refractivity contribution is -0.117. The summed E-state index contributed by atoms with van der Waals surface area (Å²) < 4.78 is 0. The first-order valence-corrected chi connectivity index (χ1v) is 3.76. The number of nitrogens with one attached hydrogen (secondary N) is 1. The van der Waals surface area contributed by atoms with E-state index in [-0.39, 0.29) is 11.9 Å². The minimum Gasteiger partial charge on any atom is -0.348 e. The van der Waals surface area contributed by atoms with Gasteiger partial charge < -0.3 is 10.2 Å². The van der Waals surface area contributed by atoms with Crippen LogP contribution in [0.3, 0.4) is 0 Å². The zero-order chi connectivity index (χ0) is 8.27. The van der Waals surface area contributed by atoms with Crippen LogP contribution in [0.25, 0.3) is 0 Å². The predicted octanol–water partition coefficient (Wildman–Crippen LogP) is -0.204. The molecule has 1 amide bonds. The Balaban J connectivity index is 2.28. The van der Waals surface area contributed by atoms with Gasteiger partial charge in [-0.15, -0.1) is 0 Å². The van der Waals surface area contributed by atoms with E-state index in [2.05, 4.69) is 10.2 Å². The molecule has 1 unspecified atom stereocenters. The molecule has 11 heavy (non-hydrogen) atoms. The van der Waals surface area contributed by atoms with Gasteiger partial charge in [0, 0.05) is 18.7 Å². The Kier molecular flexibility index (Phi) is 2.65. The third-order valence-electron chi connectivity index (χ3n) is 1.89. The normalized spacial score (nSPS) is 25.0. The highest BCUT2D eigenvalue weighted by atomic mass is 16.1. The summed E-state index contributed by atoms with van der Waals surface area (Å²) in [6.45, 7) is 7.02. The number of nitrogens with zero attached hydrogens (tertiary/aromatic N) is 1. The second kappa shape index (κ2) is 3.53. The smallest absolute Gasteiger partial charge is 0.244 e. The zero-order valence-corrected chi connectivity index (χ0v) is 6.71. The van der Waals surface area contributed by atoms with Gasteiger partial charge in [0.25, 0.3) is 0 Å². The Labute approximate surface area is 67.1 Å². The van der Waals surface area contributed by atoms with Gasteiger partial charge in [-0.1, -0.05) is 6.58 Å². The SMILES string of the molecule is [CH]=CC(=O)NC1CCN(C)C1. The van der Waals surface area contributed by atoms with Gasteiger partial charge in [0.2, 0.25) is 5.91 Å². The monoisotopic (exact) mass is 153 g/mol. The molecule has 3 heteroatoms. The number of rotatable bonds is 2. The Bertz CT molecular complexity index is 167. The minimum absolute atomic E-state index is 0.176. The molecule has 0 bridgehead atoms. The van der Waals surface area contributed by atoms with Crippen molar-refractivity contribution in [1.29, 1.82) is 0 Å². The second-order valence-corrected chi connectivity index (χ2v) is 2.92. The zero-order valence-electron chi connectivity index (χ0n) is 6.71. The third kappa shape index (κ3) is 2.35. The van der Waals surface area contributed by atoms with Gasteiger partial charge in [0.1, 0.15) is 0 Å². The van der Waals surface area contributed by atoms with E-state index < -0.39 is 0 Å². The van der Waals surface area contributed by atoms with Crippen LogP contribution in [0.1, 0.15) is 6.42 Å². The fourth-order valence-electron chi connectivity index (χ4n) is 1.30. The largest absolute Gasteiger partial charge is 0.348 e. The second-order valence-electron chi connectivity index (χ2n) is 2.92. The molecule has 61 valence electrons. The molecule has 0 aromatic carbocycles. The molecule has 0 aromatic rings. The van der Waals surface area contributed by atoms with Crippen molar-refractivity contribution in [2.24, 2.45) is 0 Å². The van der Waals surface area contributed by atoms with E-state index in [4.69, 9.17) is 6.58 Å². The van der Waals surface area contributed by atoms with Gasteiger partial charge in [-0.2, -0.15) is 0 Å². The Morgan fingerprint density at radius 2 is 2.55 bits per heavy atom. The molecule has 1 radical (unpaired) electrons. The molecule has 1 N–H and O–H groups in total. The fourth-order valence-corrected chi connectivity index (χ4v) is 1.30. The third-order valence-corrected chi connectivity index (χ3v) is 1.89. The van der Waals surface area contributed by atoms with Crippen LogP contribution in [-0.2, 0) is 4.79 Å². The number of likely N-dealkylation sites (N-methyl/N-ethyl adjacent to an activating group) is 1. The van der Waals surface area contributed by atoms with E-state index in [0.717, 1.165) is 25.6 Å². The van der Waals surface area contributed by atoms with Gasteiger partial charge in [-0.05, 0) is 20.0 Å². The standard InChI is InChI=1S/C8H13N2O/c1-3-8(11)9-7-4-5-10(2)6-7/h1,3,7H,4-6H2,2H3,(H,9,11). The lowest BCUT2D eigenvalue weighted by Gasteiger charge is -2.10. The molecule has 1 fully saturated rings.